The number of halogens is 4. The Balaban J connectivity index is 2.38. The summed E-state index contributed by atoms with van der Waals surface area (Å²) < 4.78 is 52.0. The van der Waals surface area contributed by atoms with E-state index >= 15 is 0 Å². The summed E-state index contributed by atoms with van der Waals surface area (Å²) in [6, 6.07) is 6.62. The van der Waals surface area contributed by atoms with Crippen LogP contribution in [0.25, 0.3) is 0 Å². The topological polar surface area (TPSA) is 37.8 Å². The van der Waals surface area contributed by atoms with Gasteiger partial charge in [-0.25, -0.2) is 14.4 Å². The van der Waals surface area contributed by atoms with Crippen LogP contribution in [0.3, 0.4) is 0 Å². The van der Waals surface area contributed by atoms with Gasteiger partial charge in [-0.15, -0.1) is 0 Å². The minimum absolute atomic E-state index is 0.0263. The van der Waals surface area contributed by atoms with Gasteiger partial charge in [-0.1, -0.05) is 23.9 Å². The standard InChI is InChI=1S/C13H11F4N3S/c1-2-18-12-19-10(13(15,16)17)7-11(20-12)21-9-6-4-3-5-8(9)14/h3-7H,2H2,1H3,(H,18,19,20). The highest BCUT2D eigenvalue weighted by molar-refractivity contribution is 7.99. The second-order valence-corrected chi connectivity index (χ2v) is 5.04. The Hall–Kier alpha value is -1.83. The number of nitrogens with zero attached hydrogens (tertiary/aromatic N) is 2. The van der Waals surface area contributed by atoms with Gasteiger partial charge in [-0.3, -0.25) is 0 Å². The molecule has 0 spiro atoms. The summed E-state index contributed by atoms with van der Waals surface area (Å²) in [6.45, 7) is 2.10. The average Bonchev–Trinajstić information content (AvgIpc) is 2.41. The molecule has 0 aliphatic carbocycles. The maximum Gasteiger partial charge on any atom is 0.433 e. The van der Waals surface area contributed by atoms with E-state index in [0.717, 1.165) is 17.8 Å². The van der Waals surface area contributed by atoms with Crippen LogP contribution in [-0.2, 0) is 6.18 Å². The highest BCUT2D eigenvalue weighted by Crippen LogP contribution is 2.34. The maximum atomic E-state index is 13.6. The first-order chi connectivity index (χ1) is 9.90. The molecule has 2 rings (SSSR count). The van der Waals surface area contributed by atoms with Gasteiger partial charge in [-0.2, -0.15) is 13.2 Å². The molecular formula is C13H11F4N3S. The van der Waals surface area contributed by atoms with E-state index in [4.69, 9.17) is 0 Å². The van der Waals surface area contributed by atoms with E-state index in [-0.39, 0.29) is 15.9 Å². The summed E-state index contributed by atoms with van der Waals surface area (Å²) in [7, 11) is 0. The highest BCUT2D eigenvalue weighted by atomic mass is 32.2. The first kappa shape index (κ1) is 15.6. The summed E-state index contributed by atoms with van der Waals surface area (Å²) in [5.74, 6) is -0.647. The average molecular weight is 317 g/mol. The molecule has 0 aliphatic rings. The predicted molar refractivity (Wildman–Crippen MR) is 71.7 cm³/mol. The third kappa shape index (κ3) is 4.07. The summed E-state index contributed by atoms with van der Waals surface area (Å²) in [5.41, 5.74) is -1.06. The normalized spacial score (nSPS) is 11.5. The van der Waals surface area contributed by atoms with Crippen LogP contribution in [0.2, 0.25) is 0 Å². The Morgan fingerprint density at radius 2 is 1.90 bits per heavy atom. The first-order valence-corrected chi connectivity index (χ1v) is 6.84. The molecule has 0 aliphatic heterocycles. The lowest BCUT2D eigenvalue weighted by atomic mass is 10.3. The van der Waals surface area contributed by atoms with Crippen molar-refractivity contribution in [3.05, 3.63) is 41.8 Å². The van der Waals surface area contributed by atoms with Gasteiger partial charge in [0.25, 0.3) is 0 Å². The van der Waals surface area contributed by atoms with Gasteiger partial charge < -0.3 is 5.32 Å². The molecule has 1 heterocycles. The largest absolute Gasteiger partial charge is 0.433 e. The van der Waals surface area contributed by atoms with Crippen molar-refractivity contribution in [2.75, 3.05) is 11.9 Å². The van der Waals surface area contributed by atoms with E-state index in [0.29, 0.717) is 6.54 Å². The SMILES string of the molecule is CCNc1nc(Sc2ccccc2F)cc(C(F)(F)F)n1. The lowest BCUT2D eigenvalue weighted by Crippen LogP contribution is -2.12. The molecule has 1 N–H and O–H groups in total. The smallest absolute Gasteiger partial charge is 0.354 e. The second-order valence-electron chi connectivity index (χ2n) is 3.98. The molecule has 0 unspecified atom stereocenters. The van der Waals surface area contributed by atoms with Gasteiger partial charge in [-0.05, 0) is 19.1 Å². The molecule has 1 aromatic carbocycles. The van der Waals surface area contributed by atoms with Crippen LogP contribution >= 0.6 is 11.8 Å². The molecule has 0 atom stereocenters. The fraction of sp³-hybridized carbons (Fsp3) is 0.231. The zero-order valence-corrected chi connectivity index (χ0v) is 11.7. The van der Waals surface area contributed by atoms with E-state index in [9.17, 15) is 17.6 Å². The van der Waals surface area contributed by atoms with Crippen LogP contribution in [0.1, 0.15) is 12.6 Å². The molecule has 3 nitrogen and oxygen atoms in total. The Morgan fingerprint density at radius 1 is 1.19 bits per heavy atom. The number of rotatable bonds is 4. The third-order valence-corrected chi connectivity index (χ3v) is 3.35. The predicted octanol–water partition coefficient (Wildman–Crippen LogP) is 4.22. The van der Waals surface area contributed by atoms with Gasteiger partial charge in [0.2, 0.25) is 5.95 Å². The maximum absolute atomic E-state index is 13.6. The minimum Gasteiger partial charge on any atom is -0.354 e. The number of hydrogen-bond donors (Lipinski definition) is 1. The molecule has 1 aromatic heterocycles. The van der Waals surface area contributed by atoms with Gasteiger partial charge in [0.15, 0.2) is 5.69 Å². The Bertz CT molecular complexity index is 631. The number of alkyl halides is 3. The molecule has 0 saturated heterocycles. The molecule has 21 heavy (non-hydrogen) atoms. The number of nitrogens with one attached hydrogen (secondary N) is 1. The number of hydrogen-bond acceptors (Lipinski definition) is 4. The molecular weight excluding hydrogens is 306 g/mol. The molecule has 2 aromatic rings. The van der Waals surface area contributed by atoms with Crippen molar-refractivity contribution in [1.82, 2.24) is 9.97 Å². The molecule has 0 bridgehead atoms. The first-order valence-electron chi connectivity index (χ1n) is 6.02. The van der Waals surface area contributed by atoms with E-state index in [1.807, 2.05) is 0 Å². The van der Waals surface area contributed by atoms with Crippen LogP contribution in [0.5, 0.6) is 0 Å². The number of anilines is 1. The van der Waals surface area contributed by atoms with Crippen molar-refractivity contribution >= 4 is 17.7 Å². The van der Waals surface area contributed by atoms with Gasteiger partial charge >= 0.3 is 6.18 Å². The van der Waals surface area contributed by atoms with Crippen molar-refractivity contribution in [3.8, 4) is 0 Å². The summed E-state index contributed by atoms with van der Waals surface area (Å²) in [6.07, 6.45) is -4.59. The van der Waals surface area contributed by atoms with Gasteiger partial charge in [0.05, 0.1) is 0 Å². The zero-order chi connectivity index (χ0) is 15.5. The Kier molecular flexibility index (Phi) is 4.66. The molecule has 0 fully saturated rings. The fourth-order valence-electron chi connectivity index (χ4n) is 1.50. The molecule has 8 heteroatoms. The van der Waals surface area contributed by atoms with E-state index in [1.165, 1.54) is 18.2 Å². The third-order valence-electron chi connectivity index (χ3n) is 2.38. The Labute approximate surface area is 122 Å². The minimum atomic E-state index is -4.59. The monoisotopic (exact) mass is 317 g/mol. The fourth-order valence-corrected chi connectivity index (χ4v) is 2.34. The zero-order valence-electron chi connectivity index (χ0n) is 10.9. The van der Waals surface area contributed by atoms with Crippen LogP contribution in [-0.4, -0.2) is 16.5 Å². The van der Waals surface area contributed by atoms with E-state index < -0.39 is 17.7 Å². The van der Waals surface area contributed by atoms with Crippen LogP contribution in [0.15, 0.2) is 40.3 Å². The molecule has 0 amide bonds. The summed E-state index contributed by atoms with van der Waals surface area (Å²) >= 11 is 0.818. The van der Waals surface area contributed by atoms with Crippen LogP contribution < -0.4 is 5.32 Å². The highest BCUT2D eigenvalue weighted by Gasteiger charge is 2.33. The van der Waals surface area contributed by atoms with Crippen molar-refractivity contribution in [2.45, 2.75) is 23.0 Å². The summed E-state index contributed by atoms with van der Waals surface area (Å²) in [5, 5.41) is 2.66. The lowest BCUT2D eigenvalue weighted by Gasteiger charge is -2.10. The van der Waals surface area contributed by atoms with E-state index in [1.54, 1.807) is 13.0 Å². The van der Waals surface area contributed by atoms with Gasteiger partial charge in [0.1, 0.15) is 10.8 Å². The van der Waals surface area contributed by atoms with Crippen molar-refractivity contribution < 1.29 is 17.6 Å². The van der Waals surface area contributed by atoms with Gasteiger partial charge in [0, 0.05) is 17.5 Å². The summed E-state index contributed by atoms with van der Waals surface area (Å²) in [4.78, 5) is 7.55. The molecule has 112 valence electrons. The molecule has 0 radical (unpaired) electrons. The van der Waals surface area contributed by atoms with E-state index in [2.05, 4.69) is 15.3 Å². The lowest BCUT2D eigenvalue weighted by molar-refractivity contribution is -0.141. The number of aromatic nitrogens is 2. The second kappa shape index (κ2) is 6.30. The van der Waals surface area contributed by atoms with Crippen LogP contribution in [0, 0.1) is 5.82 Å². The van der Waals surface area contributed by atoms with Crippen molar-refractivity contribution in [1.29, 1.82) is 0 Å². The molecule has 0 saturated carbocycles. The number of benzene rings is 1. The quantitative estimate of drug-likeness (QED) is 0.677. The Morgan fingerprint density at radius 3 is 2.52 bits per heavy atom. The van der Waals surface area contributed by atoms with Crippen LogP contribution in [0.4, 0.5) is 23.5 Å². The van der Waals surface area contributed by atoms with Crippen molar-refractivity contribution in [3.63, 3.8) is 0 Å². The van der Waals surface area contributed by atoms with Crippen molar-refractivity contribution in [2.24, 2.45) is 0 Å².